The average molecular weight is 441 g/mol. The first kappa shape index (κ1) is 22.4. The van der Waals surface area contributed by atoms with Crippen molar-refractivity contribution in [1.29, 1.82) is 0 Å². The minimum Gasteiger partial charge on any atom is -0.385 e. The number of nitrogens with two attached hydrogens (primary N) is 1. The highest BCUT2D eigenvalue weighted by Gasteiger charge is 2.23. The van der Waals surface area contributed by atoms with Crippen LogP contribution < -0.4 is 16.4 Å². The summed E-state index contributed by atoms with van der Waals surface area (Å²) in [5, 5.41) is 6.55. The number of halogens is 1. The fourth-order valence-corrected chi connectivity index (χ4v) is 2.64. The zero-order chi connectivity index (χ0) is 16.2. The van der Waals surface area contributed by atoms with E-state index in [1.54, 1.807) is 14.2 Å². The second-order valence-corrected chi connectivity index (χ2v) is 5.67. The highest BCUT2D eigenvalue weighted by Crippen LogP contribution is 2.15. The van der Waals surface area contributed by atoms with Crippen LogP contribution in [0.3, 0.4) is 0 Å². The van der Waals surface area contributed by atoms with Gasteiger partial charge in [-0.1, -0.05) is 0 Å². The number of nitrogens with zero attached hydrogens (tertiary/aromatic N) is 2. The molecule has 1 heterocycles. The Kier molecular flexibility index (Phi) is 13.4. The Morgan fingerprint density at radius 1 is 1.35 bits per heavy atom. The number of hydrogen-bond acceptors (Lipinski definition) is 4. The minimum atomic E-state index is -0.163. The molecule has 0 saturated carbocycles. The van der Waals surface area contributed by atoms with Crippen LogP contribution >= 0.6 is 24.0 Å². The van der Waals surface area contributed by atoms with Crippen LogP contribution in [0.25, 0.3) is 0 Å². The van der Waals surface area contributed by atoms with Gasteiger partial charge in [-0.05, 0) is 38.8 Å². The number of ether oxygens (including phenoxy) is 1. The lowest BCUT2D eigenvalue weighted by Crippen LogP contribution is -2.43. The summed E-state index contributed by atoms with van der Waals surface area (Å²) in [5.41, 5.74) is 5.40. The van der Waals surface area contributed by atoms with Crippen molar-refractivity contribution in [2.75, 3.05) is 53.5 Å². The van der Waals surface area contributed by atoms with Gasteiger partial charge in [0.25, 0.3) is 0 Å². The number of aliphatic imine (C=N–C) groups is 1. The zero-order valence-corrected chi connectivity index (χ0v) is 16.7. The van der Waals surface area contributed by atoms with Crippen LogP contribution in [0.1, 0.15) is 25.7 Å². The molecule has 0 aromatic rings. The van der Waals surface area contributed by atoms with E-state index in [1.165, 1.54) is 0 Å². The van der Waals surface area contributed by atoms with Crippen LogP contribution in [0.4, 0.5) is 0 Å². The van der Waals surface area contributed by atoms with Gasteiger partial charge in [-0.15, -0.1) is 24.0 Å². The van der Waals surface area contributed by atoms with E-state index >= 15 is 0 Å². The van der Waals surface area contributed by atoms with Crippen LogP contribution in [0, 0.1) is 5.92 Å². The van der Waals surface area contributed by atoms with E-state index in [-0.39, 0.29) is 35.8 Å². The molecular formula is C15H32IN5O2. The summed E-state index contributed by atoms with van der Waals surface area (Å²) in [4.78, 5) is 17.8. The molecule has 0 bridgehead atoms. The van der Waals surface area contributed by atoms with Gasteiger partial charge < -0.3 is 26.0 Å². The lowest BCUT2D eigenvalue weighted by atomic mass is 9.97. The van der Waals surface area contributed by atoms with Gasteiger partial charge >= 0.3 is 0 Å². The third-order valence-corrected chi connectivity index (χ3v) is 3.89. The lowest BCUT2D eigenvalue weighted by molar-refractivity contribution is -0.123. The second kappa shape index (κ2) is 13.8. The second-order valence-electron chi connectivity index (χ2n) is 5.67. The highest BCUT2D eigenvalue weighted by atomic mass is 127. The van der Waals surface area contributed by atoms with E-state index < -0.39 is 0 Å². The van der Waals surface area contributed by atoms with E-state index in [1.807, 2.05) is 0 Å². The fourth-order valence-electron chi connectivity index (χ4n) is 2.64. The van der Waals surface area contributed by atoms with Crippen LogP contribution in [0.2, 0.25) is 0 Å². The summed E-state index contributed by atoms with van der Waals surface area (Å²) in [7, 11) is 3.48. The first-order chi connectivity index (χ1) is 10.7. The van der Waals surface area contributed by atoms with Crippen molar-refractivity contribution in [2.24, 2.45) is 16.6 Å². The molecule has 1 amide bonds. The Balaban J connectivity index is 0.00000484. The molecule has 4 N–H and O–H groups in total. The molecule has 8 heteroatoms. The first-order valence-corrected chi connectivity index (χ1v) is 8.12. The van der Waals surface area contributed by atoms with E-state index in [4.69, 9.17) is 10.5 Å². The number of amides is 1. The standard InChI is InChI=1S/C15H31N5O2.HI/c1-17-15(19-8-5-11-22-2)18-7-4-10-20-9-3-6-13(12-20)14(16)21;/h13H,3-12H2,1-2H3,(H2,16,21)(H2,17,18,19);1H. The van der Waals surface area contributed by atoms with E-state index in [9.17, 15) is 4.79 Å². The lowest BCUT2D eigenvalue weighted by Gasteiger charge is -2.31. The summed E-state index contributed by atoms with van der Waals surface area (Å²) in [6.45, 7) is 5.31. The monoisotopic (exact) mass is 441 g/mol. The zero-order valence-electron chi connectivity index (χ0n) is 14.3. The highest BCUT2D eigenvalue weighted by molar-refractivity contribution is 14.0. The van der Waals surface area contributed by atoms with Crippen molar-refractivity contribution < 1.29 is 9.53 Å². The molecule has 1 rings (SSSR count). The van der Waals surface area contributed by atoms with Crippen molar-refractivity contribution in [1.82, 2.24) is 15.5 Å². The number of hydrogen-bond donors (Lipinski definition) is 3. The SMILES string of the molecule is CN=C(NCCCOC)NCCCN1CCCC(C(N)=O)C1.I. The minimum absolute atomic E-state index is 0. The maximum atomic E-state index is 11.3. The number of piperidine rings is 1. The Labute approximate surface area is 156 Å². The smallest absolute Gasteiger partial charge is 0.221 e. The Morgan fingerprint density at radius 2 is 2.04 bits per heavy atom. The molecule has 0 aromatic carbocycles. The van der Waals surface area contributed by atoms with Gasteiger partial charge in [0, 0.05) is 40.4 Å². The number of carbonyl (C=O) groups excluding carboxylic acids is 1. The van der Waals surface area contributed by atoms with E-state index in [0.29, 0.717) is 0 Å². The molecule has 23 heavy (non-hydrogen) atoms. The number of rotatable bonds is 9. The molecule has 0 aliphatic carbocycles. The molecule has 1 unspecified atom stereocenters. The van der Waals surface area contributed by atoms with Gasteiger partial charge in [0.15, 0.2) is 5.96 Å². The normalized spacial score (nSPS) is 19.0. The quantitative estimate of drug-likeness (QED) is 0.209. The molecule has 1 saturated heterocycles. The van der Waals surface area contributed by atoms with Crippen molar-refractivity contribution in [3.8, 4) is 0 Å². The van der Waals surface area contributed by atoms with Crippen molar-refractivity contribution in [2.45, 2.75) is 25.7 Å². The van der Waals surface area contributed by atoms with E-state index in [0.717, 1.165) is 71.0 Å². The Bertz CT molecular complexity index is 355. The van der Waals surface area contributed by atoms with Gasteiger partial charge in [-0.3, -0.25) is 9.79 Å². The number of likely N-dealkylation sites (tertiary alicyclic amines) is 1. The Morgan fingerprint density at radius 3 is 2.65 bits per heavy atom. The molecule has 1 atom stereocenters. The van der Waals surface area contributed by atoms with Crippen molar-refractivity contribution in [3.63, 3.8) is 0 Å². The van der Waals surface area contributed by atoms with Gasteiger partial charge in [-0.25, -0.2) is 0 Å². The predicted octanol–water partition coefficient (Wildman–Crippen LogP) is 0.393. The average Bonchev–Trinajstić information content (AvgIpc) is 2.53. The number of methoxy groups -OCH3 is 1. The van der Waals surface area contributed by atoms with Crippen LogP contribution in [-0.2, 0) is 9.53 Å². The van der Waals surface area contributed by atoms with Crippen molar-refractivity contribution in [3.05, 3.63) is 0 Å². The summed E-state index contributed by atoms with van der Waals surface area (Å²) in [6.07, 6.45) is 3.97. The summed E-state index contributed by atoms with van der Waals surface area (Å²) >= 11 is 0. The topological polar surface area (TPSA) is 92.0 Å². The van der Waals surface area contributed by atoms with Gasteiger partial charge in [0.05, 0.1) is 5.92 Å². The molecular weight excluding hydrogens is 409 g/mol. The summed E-state index contributed by atoms with van der Waals surface area (Å²) in [5.74, 6) is 0.685. The molecule has 0 aromatic heterocycles. The van der Waals surface area contributed by atoms with Gasteiger partial charge in [0.1, 0.15) is 0 Å². The summed E-state index contributed by atoms with van der Waals surface area (Å²) in [6, 6.07) is 0. The molecule has 136 valence electrons. The molecule has 0 radical (unpaired) electrons. The van der Waals surface area contributed by atoms with Crippen LogP contribution in [-0.4, -0.2) is 70.3 Å². The third kappa shape index (κ3) is 9.98. The van der Waals surface area contributed by atoms with Crippen LogP contribution in [0.15, 0.2) is 4.99 Å². The molecule has 0 spiro atoms. The van der Waals surface area contributed by atoms with E-state index in [2.05, 4.69) is 20.5 Å². The maximum Gasteiger partial charge on any atom is 0.221 e. The number of carbonyl (C=O) groups is 1. The molecule has 7 nitrogen and oxygen atoms in total. The first-order valence-electron chi connectivity index (χ1n) is 8.12. The maximum absolute atomic E-state index is 11.3. The van der Waals surface area contributed by atoms with Gasteiger partial charge in [-0.2, -0.15) is 0 Å². The molecule has 1 fully saturated rings. The largest absolute Gasteiger partial charge is 0.385 e. The summed E-state index contributed by atoms with van der Waals surface area (Å²) < 4.78 is 5.01. The fraction of sp³-hybridized carbons (Fsp3) is 0.867. The number of primary amides is 1. The predicted molar refractivity (Wildman–Crippen MR) is 104 cm³/mol. The van der Waals surface area contributed by atoms with Crippen molar-refractivity contribution >= 4 is 35.8 Å². The number of guanidine groups is 1. The molecule has 1 aliphatic rings. The van der Waals surface area contributed by atoms with Crippen LogP contribution in [0.5, 0.6) is 0 Å². The van der Waals surface area contributed by atoms with Gasteiger partial charge in [0.2, 0.25) is 5.91 Å². The third-order valence-electron chi connectivity index (χ3n) is 3.89. The molecule has 1 aliphatic heterocycles. The number of nitrogens with one attached hydrogen (secondary N) is 2. The Hall–Kier alpha value is -0.610.